The van der Waals surface area contributed by atoms with Gasteiger partial charge in [0.05, 0.1) is 0 Å². The molecule has 0 aromatic carbocycles. The molecule has 0 amide bonds. The molecule has 110 valence electrons. The zero-order valence-electron chi connectivity index (χ0n) is 12.9. The second-order valence-electron chi connectivity index (χ2n) is 6.30. The maximum absolute atomic E-state index is 4.80. The van der Waals surface area contributed by atoms with E-state index in [0.29, 0.717) is 6.04 Å². The molecule has 0 radical (unpaired) electrons. The SMILES string of the molecule is CCCN1CCC[C@@H]1c1cnc(N2CCCC2)c(C)c1. The minimum Gasteiger partial charge on any atom is -0.356 e. The van der Waals surface area contributed by atoms with Gasteiger partial charge in [-0.3, -0.25) is 4.90 Å². The van der Waals surface area contributed by atoms with Crippen molar-refractivity contribution in [1.82, 2.24) is 9.88 Å². The maximum atomic E-state index is 4.80. The molecule has 0 N–H and O–H groups in total. The van der Waals surface area contributed by atoms with Crippen molar-refractivity contribution in [2.24, 2.45) is 0 Å². The summed E-state index contributed by atoms with van der Waals surface area (Å²) in [6.07, 6.45) is 8.64. The molecule has 1 aromatic rings. The van der Waals surface area contributed by atoms with Crippen LogP contribution in [0.1, 0.15) is 56.2 Å². The lowest BCUT2D eigenvalue weighted by Crippen LogP contribution is -2.25. The van der Waals surface area contributed by atoms with Gasteiger partial charge in [0.1, 0.15) is 5.82 Å². The Bertz CT molecular complexity index is 452. The van der Waals surface area contributed by atoms with Gasteiger partial charge in [-0.1, -0.05) is 6.92 Å². The Hall–Kier alpha value is -1.09. The number of hydrogen-bond donors (Lipinski definition) is 0. The molecule has 0 spiro atoms. The zero-order chi connectivity index (χ0) is 13.9. The summed E-state index contributed by atoms with van der Waals surface area (Å²) in [5.74, 6) is 1.21. The fourth-order valence-electron chi connectivity index (χ4n) is 3.79. The average Bonchev–Trinajstić information content (AvgIpc) is 3.09. The van der Waals surface area contributed by atoms with Crippen LogP contribution in [0.25, 0.3) is 0 Å². The number of hydrogen-bond acceptors (Lipinski definition) is 3. The van der Waals surface area contributed by atoms with Crippen LogP contribution in [-0.2, 0) is 0 Å². The van der Waals surface area contributed by atoms with Crippen molar-refractivity contribution >= 4 is 5.82 Å². The predicted octanol–water partition coefficient (Wildman–Crippen LogP) is 3.54. The molecule has 1 aromatic heterocycles. The third-order valence-corrected chi connectivity index (χ3v) is 4.74. The third-order valence-electron chi connectivity index (χ3n) is 4.74. The van der Waals surface area contributed by atoms with Gasteiger partial charge in [0, 0.05) is 25.3 Å². The van der Waals surface area contributed by atoms with Crippen LogP contribution in [0.5, 0.6) is 0 Å². The molecule has 3 rings (SSSR count). The van der Waals surface area contributed by atoms with Crippen molar-refractivity contribution in [3.05, 3.63) is 23.4 Å². The lowest BCUT2D eigenvalue weighted by Gasteiger charge is -2.25. The van der Waals surface area contributed by atoms with Crippen molar-refractivity contribution in [3.63, 3.8) is 0 Å². The molecule has 0 aliphatic carbocycles. The van der Waals surface area contributed by atoms with E-state index in [9.17, 15) is 0 Å². The Balaban J connectivity index is 1.79. The molecule has 1 atom stereocenters. The second-order valence-corrected chi connectivity index (χ2v) is 6.30. The van der Waals surface area contributed by atoms with E-state index in [1.165, 1.54) is 75.2 Å². The Labute approximate surface area is 123 Å². The highest BCUT2D eigenvalue weighted by Gasteiger charge is 2.26. The van der Waals surface area contributed by atoms with Gasteiger partial charge in [0.15, 0.2) is 0 Å². The van der Waals surface area contributed by atoms with Crippen LogP contribution in [-0.4, -0.2) is 36.1 Å². The van der Waals surface area contributed by atoms with Crippen LogP contribution >= 0.6 is 0 Å². The number of rotatable bonds is 4. The van der Waals surface area contributed by atoms with Crippen LogP contribution in [0.2, 0.25) is 0 Å². The number of anilines is 1. The van der Waals surface area contributed by atoms with Gasteiger partial charge >= 0.3 is 0 Å². The molecule has 20 heavy (non-hydrogen) atoms. The minimum absolute atomic E-state index is 0.605. The maximum Gasteiger partial charge on any atom is 0.131 e. The van der Waals surface area contributed by atoms with Gasteiger partial charge in [-0.25, -0.2) is 4.98 Å². The van der Waals surface area contributed by atoms with Gasteiger partial charge in [0.2, 0.25) is 0 Å². The largest absolute Gasteiger partial charge is 0.356 e. The van der Waals surface area contributed by atoms with Crippen LogP contribution in [0, 0.1) is 6.92 Å². The van der Waals surface area contributed by atoms with E-state index in [2.05, 4.69) is 35.9 Å². The highest BCUT2D eigenvalue weighted by Crippen LogP contribution is 2.33. The first-order chi connectivity index (χ1) is 9.79. The molecular weight excluding hydrogens is 246 g/mol. The Morgan fingerprint density at radius 3 is 2.70 bits per heavy atom. The highest BCUT2D eigenvalue weighted by molar-refractivity contribution is 5.48. The first-order valence-electron chi connectivity index (χ1n) is 8.25. The smallest absolute Gasteiger partial charge is 0.131 e. The molecular formula is C17H27N3. The number of likely N-dealkylation sites (tertiary alicyclic amines) is 1. The van der Waals surface area contributed by atoms with Crippen LogP contribution in [0.3, 0.4) is 0 Å². The Morgan fingerprint density at radius 1 is 1.20 bits per heavy atom. The molecule has 2 saturated heterocycles. The van der Waals surface area contributed by atoms with E-state index in [4.69, 9.17) is 4.98 Å². The molecule has 0 bridgehead atoms. The van der Waals surface area contributed by atoms with E-state index in [0.717, 1.165) is 0 Å². The average molecular weight is 273 g/mol. The fraction of sp³-hybridized carbons (Fsp3) is 0.706. The molecule has 2 aliphatic heterocycles. The quantitative estimate of drug-likeness (QED) is 0.836. The second kappa shape index (κ2) is 6.13. The van der Waals surface area contributed by atoms with Gasteiger partial charge in [-0.2, -0.15) is 0 Å². The number of aryl methyl sites for hydroxylation is 1. The van der Waals surface area contributed by atoms with E-state index in [1.54, 1.807) is 0 Å². The van der Waals surface area contributed by atoms with E-state index < -0.39 is 0 Å². The molecule has 3 heterocycles. The summed E-state index contributed by atoms with van der Waals surface area (Å²) < 4.78 is 0. The molecule has 3 nitrogen and oxygen atoms in total. The fourth-order valence-corrected chi connectivity index (χ4v) is 3.79. The highest BCUT2D eigenvalue weighted by atomic mass is 15.2. The standard InChI is InChI=1S/C17H27N3/c1-3-8-19-11-6-7-16(19)15-12-14(2)17(18-13-15)20-9-4-5-10-20/h12-13,16H,3-11H2,1-2H3/t16-/m1/s1. The number of nitrogens with zero attached hydrogens (tertiary/aromatic N) is 3. The molecule has 0 saturated carbocycles. The van der Waals surface area contributed by atoms with Crippen LogP contribution in [0.4, 0.5) is 5.82 Å². The van der Waals surface area contributed by atoms with Crippen molar-refractivity contribution in [3.8, 4) is 0 Å². The molecule has 2 aliphatic rings. The summed E-state index contributed by atoms with van der Waals surface area (Å²) in [5.41, 5.74) is 2.78. The summed E-state index contributed by atoms with van der Waals surface area (Å²) in [5, 5.41) is 0. The van der Waals surface area contributed by atoms with Gasteiger partial charge in [0.25, 0.3) is 0 Å². The summed E-state index contributed by atoms with van der Waals surface area (Å²) in [6, 6.07) is 2.99. The summed E-state index contributed by atoms with van der Waals surface area (Å²) in [6.45, 7) is 9.33. The van der Waals surface area contributed by atoms with Crippen molar-refractivity contribution in [1.29, 1.82) is 0 Å². The van der Waals surface area contributed by atoms with Gasteiger partial charge in [-0.05, 0) is 69.3 Å². The Morgan fingerprint density at radius 2 is 2.00 bits per heavy atom. The van der Waals surface area contributed by atoms with E-state index >= 15 is 0 Å². The van der Waals surface area contributed by atoms with Gasteiger partial charge in [-0.15, -0.1) is 0 Å². The summed E-state index contributed by atoms with van der Waals surface area (Å²) >= 11 is 0. The monoisotopic (exact) mass is 273 g/mol. The summed E-state index contributed by atoms with van der Waals surface area (Å²) in [4.78, 5) is 9.87. The van der Waals surface area contributed by atoms with Crippen molar-refractivity contribution in [2.45, 2.75) is 52.0 Å². The van der Waals surface area contributed by atoms with Crippen molar-refractivity contribution < 1.29 is 0 Å². The van der Waals surface area contributed by atoms with Gasteiger partial charge < -0.3 is 4.90 Å². The summed E-state index contributed by atoms with van der Waals surface area (Å²) in [7, 11) is 0. The number of pyridine rings is 1. The molecule has 2 fully saturated rings. The van der Waals surface area contributed by atoms with E-state index in [1.807, 2.05) is 0 Å². The lowest BCUT2D eigenvalue weighted by molar-refractivity contribution is 0.257. The van der Waals surface area contributed by atoms with Crippen LogP contribution < -0.4 is 4.90 Å². The third kappa shape index (κ3) is 2.69. The van der Waals surface area contributed by atoms with Crippen molar-refractivity contribution in [2.75, 3.05) is 31.1 Å². The zero-order valence-corrected chi connectivity index (χ0v) is 12.9. The normalized spacial score (nSPS) is 23.7. The van der Waals surface area contributed by atoms with E-state index in [-0.39, 0.29) is 0 Å². The molecule has 0 unspecified atom stereocenters. The Kier molecular flexibility index (Phi) is 4.25. The van der Waals surface area contributed by atoms with Crippen LogP contribution in [0.15, 0.2) is 12.3 Å². The minimum atomic E-state index is 0.605. The molecule has 3 heteroatoms. The lowest BCUT2D eigenvalue weighted by atomic mass is 10.0. The topological polar surface area (TPSA) is 19.4 Å². The first-order valence-corrected chi connectivity index (χ1v) is 8.25. The predicted molar refractivity (Wildman–Crippen MR) is 84.3 cm³/mol. The first kappa shape index (κ1) is 13.9. The number of aromatic nitrogens is 1.